The Morgan fingerprint density at radius 2 is 1.68 bits per heavy atom. The smallest absolute Gasteiger partial charge is 0.340 e. The molecule has 0 atom stereocenters. The first-order chi connectivity index (χ1) is 13.4. The van der Waals surface area contributed by atoms with Crippen molar-refractivity contribution in [2.24, 2.45) is 0 Å². The highest BCUT2D eigenvalue weighted by molar-refractivity contribution is 5.64. The fourth-order valence-corrected chi connectivity index (χ4v) is 2.76. The van der Waals surface area contributed by atoms with Crippen LogP contribution in [0.25, 0.3) is 0 Å². The Kier molecular flexibility index (Phi) is 5.82. The highest BCUT2D eigenvalue weighted by Gasteiger charge is 2.35. The van der Waals surface area contributed by atoms with Crippen LogP contribution in [0.2, 0.25) is 0 Å². The zero-order chi connectivity index (χ0) is 20.1. The SMILES string of the molecule is CCCc1ccc(Nc2nc(Nc3ccccc3C)ncc2C(F)(F)F)cc1. The lowest BCUT2D eigenvalue weighted by atomic mass is 10.1. The van der Waals surface area contributed by atoms with Crippen LogP contribution in [0.3, 0.4) is 0 Å². The maximum absolute atomic E-state index is 13.4. The van der Waals surface area contributed by atoms with Gasteiger partial charge in [0.1, 0.15) is 11.4 Å². The molecule has 0 aliphatic heterocycles. The van der Waals surface area contributed by atoms with E-state index in [1.807, 2.05) is 43.3 Å². The second-order valence-electron chi connectivity index (χ2n) is 6.47. The van der Waals surface area contributed by atoms with Crippen molar-refractivity contribution in [3.63, 3.8) is 0 Å². The number of para-hydroxylation sites is 1. The van der Waals surface area contributed by atoms with Gasteiger partial charge in [-0.15, -0.1) is 0 Å². The summed E-state index contributed by atoms with van der Waals surface area (Å²) in [6, 6.07) is 14.7. The number of nitrogens with zero attached hydrogens (tertiary/aromatic N) is 2. The number of aryl methyl sites for hydroxylation is 2. The molecule has 0 fully saturated rings. The van der Waals surface area contributed by atoms with Gasteiger partial charge in [0.05, 0.1) is 0 Å². The molecule has 0 bridgehead atoms. The van der Waals surface area contributed by atoms with Gasteiger partial charge in [0, 0.05) is 17.6 Å². The molecule has 0 aliphatic rings. The second-order valence-corrected chi connectivity index (χ2v) is 6.47. The molecule has 1 heterocycles. The summed E-state index contributed by atoms with van der Waals surface area (Å²) in [5.74, 6) is -0.200. The van der Waals surface area contributed by atoms with E-state index in [2.05, 4.69) is 27.5 Å². The average Bonchev–Trinajstić information content (AvgIpc) is 2.65. The Morgan fingerprint density at radius 1 is 0.964 bits per heavy atom. The van der Waals surface area contributed by atoms with Crippen LogP contribution in [-0.2, 0) is 12.6 Å². The van der Waals surface area contributed by atoms with E-state index in [4.69, 9.17) is 0 Å². The summed E-state index contributed by atoms with van der Waals surface area (Å²) in [6.07, 6.45) is -1.84. The van der Waals surface area contributed by atoms with Crippen molar-refractivity contribution in [3.05, 3.63) is 71.4 Å². The predicted molar refractivity (Wildman–Crippen MR) is 105 cm³/mol. The molecule has 7 heteroatoms. The van der Waals surface area contributed by atoms with Gasteiger partial charge >= 0.3 is 6.18 Å². The number of hydrogen-bond donors (Lipinski definition) is 2. The highest BCUT2D eigenvalue weighted by atomic mass is 19.4. The van der Waals surface area contributed by atoms with Gasteiger partial charge in [-0.05, 0) is 42.7 Å². The number of hydrogen-bond acceptors (Lipinski definition) is 4. The van der Waals surface area contributed by atoms with Gasteiger partial charge in [-0.1, -0.05) is 43.7 Å². The molecule has 2 N–H and O–H groups in total. The third-order valence-electron chi connectivity index (χ3n) is 4.24. The van der Waals surface area contributed by atoms with E-state index in [0.29, 0.717) is 5.69 Å². The summed E-state index contributed by atoms with van der Waals surface area (Å²) in [5.41, 5.74) is 2.42. The van der Waals surface area contributed by atoms with E-state index in [1.54, 1.807) is 12.1 Å². The van der Waals surface area contributed by atoms with Crippen LogP contribution in [-0.4, -0.2) is 9.97 Å². The summed E-state index contributed by atoms with van der Waals surface area (Å²) < 4.78 is 40.2. The highest BCUT2D eigenvalue weighted by Crippen LogP contribution is 2.35. The largest absolute Gasteiger partial charge is 0.421 e. The van der Waals surface area contributed by atoms with Crippen LogP contribution in [0.5, 0.6) is 0 Å². The van der Waals surface area contributed by atoms with Crippen molar-refractivity contribution in [2.75, 3.05) is 10.6 Å². The van der Waals surface area contributed by atoms with Crippen LogP contribution >= 0.6 is 0 Å². The van der Waals surface area contributed by atoms with E-state index < -0.39 is 11.7 Å². The molecule has 4 nitrogen and oxygen atoms in total. The van der Waals surface area contributed by atoms with Gasteiger partial charge in [-0.25, -0.2) is 4.98 Å². The van der Waals surface area contributed by atoms with Gasteiger partial charge in [-0.3, -0.25) is 0 Å². The van der Waals surface area contributed by atoms with Crippen LogP contribution in [0.4, 0.5) is 36.3 Å². The molecule has 28 heavy (non-hydrogen) atoms. The molecular weight excluding hydrogens is 365 g/mol. The van der Waals surface area contributed by atoms with E-state index in [1.165, 1.54) is 0 Å². The Morgan fingerprint density at radius 3 is 2.32 bits per heavy atom. The third kappa shape index (κ3) is 4.79. The topological polar surface area (TPSA) is 49.8 Å². The van der Waals surface area contributed by atoms with Crippen LogP contribution in [0.15, 0.2) is 54.7 Å². The molecule has 0 radical (unpaired) electrons. The number of nitrogens with one attached hydrogen (secondary N) is 2. The van der Waals surface area contributed by atoms with E-state index in [-0.39, 0.29) is 11.8 Å². The Hall–Kier alpha value is -3.09. The molecule has 2 aromatic carbocycles. The number of anilines is 4. The standard InChI is InChI=1S/C21H21F3N4/c1-3-6-15-9-11-16(12-10-15)26-19-17(21(22,23)24)13-25-20(28-19)27-18-8-5-4-7-14(18)2/h4-5,7-13H,3,6H2,1-2H3,(H2,25,26,27,28). The van der Waals surface area contributed by atoms with Gasteiger partial charge in [0.15, 0.2) is 0 Å². The minimum absolute atomic E-state index is 0.0902. The number of alkyl halides is 3. The van der Waals surface area contributed by atoms with E-state index in [0.717, 1.165) is 35.9 Å². The Labute approximate surface area is 161 Å². The number of benzene rings is 2. The fourth-order valence-electron chi connectivity index (χ4n) is 2.76. The summed E-state index contributed by atoms with van der Waals surface area (Å²) >= 11 is 0. The van der Waals surface area contributed by atoms with Crippen LogP contribution in [0, 0.1) is 6.92 Å². The van der Waals surface area contributed by atoms with E-state index >= 15 is 0 Å². The minimum atomic E-state index is -4.56. The third-order valence-corrected chi connectivity index (χ3v) is 4.24. The zero-order valence-corrected chi connectivity index (χ0v) is 15.6. The average molecular weight is 386 g/mol. The monoisotopic (exact) mass is 386 g/mol. The van der Waals surface area contributed by atoms with Crippen molar-refractivity contribution in [1.82, 2.24) is 9.97 Å². The van der Waals surface area contributed by atoms with Crippen LogP contribution < -0.4 is 10.6 Å². The van der Waals surface area contributed by atoms with Crippen LogP contribution in [0.1, 0.15) is 30.0 Å². The molecule has 3 rings (SSSR count). The molecule has 0 spiro atoms. The molecule has 0 saturated heterocycles. The predicted octanol–water partition coefficient (Wildman–Crippen LogP) is 6.24. The summed E-state index contributed by atoms with van der Waals surface area (Å²) in [6.45, 7) is 3.97. The number of halogens is 3. The van der Waals surface area contributed by atoms with Gasteiger partial charge in [-0.2, -0.15) is 18.2 Å². The quantitative estimate of drug-likeness (QED) is 0.526. The molecule has 0 unspecified atom stereocenters. The van der Waals surface area contributed by atoms with Crippen molar-refractivity contribution in [1.29, 1.82) is 0 Å². The molecule has 0 amide bonds. The van der Waals surface area contributed by atoms with Crippen molar-refractivity contribution in [3.8, 4) is 0 Å². The summed E-state index contributed by atoms with van der Waals surface area (Å²) in [5, 5.41) is 5.75. The Bertz CT molecular complexity index is 937. The lowest BCUT2D eigenvalue weighted by molar-refractivity contribution is -0.137. The molecule has 3 aromatic rings. The van der Waals surface area contributed by atoms with Gasteiger partial charge in [0.2, 0.25) is 5.95 Å². The molecule has 146 valence electrons. The lowest BCUT2D eigenvalue weighted by Crippen LogP contribution is -2.12. The second kappa shape index (κ2) is 8.29. The fraction of sp³-hybridized carbons (Fsp3) is 0.238. The van der Waals surface area contributed by atoms with Crippen molar-refractivity contribution in [2.45, 2.75) is 32.9 Å². The molecular formula is C21H21F3N4. The van der Waals surface area contributed by atoms with E-state index in [9.17, 15) is 13.2 Å². The minimum Gasteiger partial charge on any atom is -0.340 e. The zero-order valence-electron chi connectivity index (χ0n) is 15.6. The number of rotatable bonds is 6. The normalized spacial score (nSPS) is 11.3. The van der Waals surface area contributed by atoms with Crippen molar-refractivity contribution < 1.29 is 13.2 Å². The first-order valence-corrected chi connectivity index (χ1v) is 8.99. The number of aromatic nitrogens is 2. The Balaban J connectivity index is 1.91. The summed E-state index contributed by atoms with van der Waals surface area (Å²) in [7, 11) is 0. The molecule has 0 aliphatic carbocycles. The van der Waals surface area contributed by atoms with Gasteiger partial charge in [0.25, 0.3) is 0 Å². The van der Waals surface area contributed by atoms with Crippen molar-refractivity contribution >= 4 is 23.1 Å². The summed E-state index contributed by atoms with van der Waals surface area (Å²) in [4.78, 5) is 7.92. The molecule has 0 saturated carbocycles. The first-order valence-electron chi connectivity index (χ1n) is 8.99. The van der Waals surface area contributed by atoms with Gasteiger partial charge < -0.3 is 10.6 Å². The maximum atomic E-state index is 13.4. The lowest BCUT2D eigenvalue weighted by Gasteiger charge is -2.15. The molecule has 1 aromatic heterocycles. The maximum Gasteiger partial charge on any atom is 0.421 e. The first kappa shape index (κ1) is 19.7.